The molecule has 1 atom stereocenters. The number of alkyl halides is 3. The van der Waals surface area contributed by atoms with Gasteiger partial charge in [0.1, 0.15) is 23.9 Å². The fourth-order valence-corrected chi connectivity index (χ4v) is 4.25. The zero-order valence-electron chi connectivity index (χ0n) is 17.0. The third-order valence-corrected chi connectivity index (χ3v) is 5.82. The molecule has 2 aliphatic rings. The highest BCUT2D eigenvalue weighted by molar-refractivity contribution is 6.07. The molecule has 0 fully saturated rings. The van der Waals surface area contributed by atoms with Crippen molar-refractivity contribution in [2.75, 3.05) is 30.0 Å². The van der Waals surface area contributed by atoms with Gasteiger partial charge in [0.2, 0.25) is 11.7 Å². The highest BCUT2D eigenvalue weighted by Crippen LogP contribution is 2.47. The van der Waals surface area contributed by atoms with Gasteiger partial charge in [0.05, 0.1) is 24.7 Å². The fraction of sp³-hybridized carbons (Fsp3) is 0.261. The summed E-state index contributed by atoms with van der Waals surface area (Å²) in [5.41, 5.74) is 2.40. The molecule has 3 aromatic rings. The number of ether oxygens (including phenoxy) is 1. The van der Waals surface area contributed by atoms with Crippen molar-refractivity contribution in [3.63, 3.8) is 0 Å². The van der Waals surface area contributed by atoms with Crippen molar-refractivity contribution in [2.45, 2.75) is 18.6 Å². The Morgan fingerprint density at radius 3 is 2.62 bits per heavy atom. The van der Waals surface area contributed by atoms with Crippen molar-refractivity contribution in [1.29, 1.82) is 0 Å². The molecule has 32 heavy (non-hydrogen) atoms. The maximum atomic E-state index is 13.5. The van der Waals surface area contributed by atoms with Crippen molar-refractivity contribution in [3.8, 4) is 11.5 Å². The first kappa shape index (κ1) is 20.3. The van der Waals surface area contributed by atoms with Gasteiger partial charge in [0.15, 0.2) is 0 Å². The Bertz CT molecular complexity index is 1200. The SMILES string of the molecule is CN1CCOc2cc(O)c(C3C(=O)N(Cc4ccc(C(F)(F)F)o4)c4ccccc43)cc21. The van der Waals surface area contributed by atoms with Crippen LogP contribution in [-0.4, -0.2) is 31.2 Å². The number of carbonyl (C=O) groups is 1. The Morgan fingerprint density at radius 1 is 1.09 bits per heavy atom. The van der Waals surface area contributed by atoms with Crippen molar-refractivity contribution in [3.05, 3.63) is 71.2 Å². The summed E-state index contributed by atoms with van der Waals surface area (Å²) in [5, 5.41) is 10.7. The van der Waals surface area contributed by atoms with Crippen LogP contribution in [0.1, 0.15) is 28.6 Å². The van der Waals surface area contributed by atoms with Gasteiger partial charge < -0.3 is 24.1 Å². The zero-order chi connectivity index (χ0) is 22.6. The second kappa shape index (κ2) is 7.22. The van der Waals surface area contributed by atoms with Crippen molar-refractivity contribution < 1.29 is 32.2 Å². The lowest BCUT2D eigenvalue weighted by molar-refractivity contribution is -0.153. The van der Waals surface area contributed by atoms with Crippen LogP contribution in [0.4, 0.5) is 24.5 Å². The third kappa shape index (κ3) is 3.24. The minimum atomic E-state index is -4.60. The lowest BCUT2D eigenvalue weighted by Crippen LogP contribution is -2.30. The van der Waals surface area contributed by atoms with Gasteiger partial charge in [0, 0.05) is 24.4 Å². The van der Waals surface area contributed by atoms with Crippen molar-refractivity contribution in [1.82, 2.24) is 0 Å². The van der Waals surface area contributed by atoms with Crippen LogP contribution in [0.5, 0.6) is 11.5 Å². The topological polar surface area (TPSA) is 66.2 Å². The maximum absolute atomic E-state index is 13.5. The summed E-state index contributed by atoms with van der Waals surface area (Å²) in [6.45, 7) is 1.00. The number of fused-ring (bicyclic) bond motifs is 2. The number of phenols is 1. The summed E-state index contributed by atoms with van der Waals surface area (Å²) in [4.78, 5) is 16.8. The molecule has 5 rings (SSSR count). The predicted octanol–water partition coefficient (Wildman–Crippen LogP) is 4.51. The number of likely N-dealkylation sites (N-methyl/N-ethyl adjacent to an activating group) is 1. The molecule has 2 aromatic carbocycles. The molecular weight excluding hydrogens is 425 g/mol. The van der Waals surface area contributed by atoms with E-state index in [9.17, 15) is 23.1 Å². The summed E-state index contributed by atoms with van der Waals surface area (Å²) in [6, 6.07) is 12.3. The number of hydrogen-bond acceptors (Lipinski definition) is 5. The van der Waals surface area contributed by atoms with Crippen LogP contribution in [0.2, 0.25) is 0 Å². The van der Waals surface area contributed by atoms with Gasteiger partial charge in [-0.2, -0.15) is 13.2 Å². The van der Waals surface area contributed by atoms with Crippen LogP contribution in [0.15, 0.2) is 52.9 Å². The number of benzene rings is 2. The molecule has 1 aromatic heterocycles. The molecule has 0 aliphatic carbocycles. The number of phenolic OH excluding ortho intramolecular Hbond substituents is 1. The van der Waals surface area contributed by atoms with E-state index in [2.05, 4.69) is 0 Å². The number of carbonyl (C=O) groups excluding carboxylic acids is 1. The Hall–Kier alpha value is -3.62. The Balaban J connectivity index is 1.54. The molecule has 0 saturated heterocycles. The number of amides is 1. The van der Waals surface area contributed by atoms with Gasteiger partial charge >= 0.3 is 6.18 Å². The molecule has 3 heterocycles. The first-order valence-electron chi connectivity index (χ1n) is 10.0. The Labute approximate surface area is 181 Å². The monoisotopic (exact) mass is 444 g/mol. The van der Waals surface area contributed by atoms with Crippen LogP contribution in [-0.2, 0) is 17.5 Å². The van der Waals surface area contributed by atoms with Crippen molar-refractivity contribution in [2.24, 2.45) is 0 Å². The van der Waals surface area contributed by atoms with Crippen LogP contribution in [0, 0.1) is 0 Å². The van der Waals surface area contributed by atoms with Gasteiger partial charge in [0.25, 0.3) is 0 Å². The average molecular weight is 444 g/mol. The van der Waals surface area contributed by atoms with E-state index in [1.807, 2.05) is 11.9 Å². The summed E-state index contributed by atoms with van der Waals surface area (Å²) in [7, 11) is 1.90. The fourth-order valence-electron chi connectivity index (χ4n) is 4.25. The molecule has 9 heteroatoms. The zero-order valence-corrected chi connectivity index (χ0v) is 17.0. The average Bonchev–Trinajstić information content (AvgIpc) is 3.32. The maximum Gasteiger partial charge on any atom is 0.449 e. The Kier molecular flexibility index (Phi) is 4.58. The van der Waals surface area contributed by atoms with Gasteiger partial charge in [-0.15, -0.1) is 0 Å². The molecule has 1 amide bonds. The third-order valence-electron chi connectivity index (χ3n) is 5.82. The number of nitrogens with zero attached hydrogens (tertiary/aromatic N) is 2. The summed E-state index contributed by atoms with van der Waals surface area (Å²) in [6.07, 6.45) is -4.60. The highest BCUT2D eigenvalue weighted by Gasteiger charge is 2.41. The number of para-hydroxylation sites is 1. The number of halogens is 3. The first-order chi connectivity index (χ1) is 15.2. The highest BCUT2D eigenvalue weighted by atomic mass is 19.4. The number of hydrogen-bond donors (Lipinski definition) is 1. The summed E-state index contributed by atoms with van der Waals surface area (Å²) < 4.78 is 49.3. The quantitative estimate of drug-likeness (QED) is 0.644. The predicted molar refractivity (Wildman–Crippen MR) is 110 cm³/mol. The smallest absolute Gasteiger partial charge is 0.449 e. The number of rotatable bonds is 3. The molecule has 6 nitrogen and oxygen atoms in total. The second-order valence-corrected chi connectivity index (χ2v) is 7.83. The summed E-state index contributed by atoms with van der Waals surface area (Å²) in [5.74, 6) is -1.80. The van der Waals surface area contributed by atoms with Gasteiger partial charge in [-0.05, 0) is 29.8 Å². The summed E-state index contributed by atoms with van der Waals surface area (Å²) >= 11 is 0. The van der Waals surface area contributed by atoms with E-state index in [1.165, 1.54) is 17.0 Å². The van der Waals surface area contributed by atoms with Crippen LogP contribution < -0.4 is 14.5 Å². The molecular formula is C23H19F3N2O4. The lowest BCUT2D eigenvalue weighted by atomic mass is 9.91. The molecule has 0 radical (unpaired) electrons. The largest absolute Gasteiger partial charge is 0.507 e. The van der Waals surface area contributed by atoms with E-state index in [0.29, 0.717) is 35.7 Å². The molecule has 2 aliphatic heterocycles. The van der Waals surface area contributed by atoms with E-state index >= 15 is 0 Å². The van der Waals surface area contributed by atoms with Crippen molar-refractivity contribution >= 4 is 17.3 Å². The minimum Gasteiger partial charge on any atom is -0.507 e. The molecule has 0 saturated carbocycles. The van der Waals surface area contributed by atoms with Crippen LogP contribution in [0.25, 0.3) is 0 Å². The Morgan fingerprint density at radius 2 is 1.88 bits per heavy atom. The van der Waals surface area contributed by atoms with Gasteiger partial charge in [-0.1, -0.05) is 18.2 Å². The molecule has 166 valence electrons. The molecule has 1 N–H and O–H groups in total. The van der Waals surface area contributed by atoms with E-state index in [1.54, 1.807) is 30.3 Å². The molecule has 0 spiro atoms. The van der Waals surface area contributed by atoms with Crippen LogP contribution >= 0.6 is 0 Å². The van der Waals surface area contributed by atoms with Gasteiger partial charge in [-0.3, -0.25) is 4.79 Å². The first-order valence-corrected chi connectivity index (χ1v) is 10.0. The van der Waals surface area contributed by atoms with E-state index in [0.717, 1.165) is 11.8 Å². The lowest BCUT2D eigenvalue weighted by Gasteiger charge is -2.29. The number of aromatic hydroxyl groups is 1. The van der Waals surface area contributed by atoms with Gasteiger partial charge in [-0.25, -0.2) is 0 Å². The normalized spacial score (nSPS) is 17.9. The molecule has 0 bridgehead atoms. The standard InChI is InChI=1S/C23H19F3N2O4/c1-27-8-9-31-19-11-18(29)15(10-17(19)27)21-14-4-2-3-5-16(14)28(22(21)30)12-13-6-7-20(32-13)23(24,25)26/h2-7,10-11,21,29H,8-9,12H2,1H3. The molecule has 1 unspecified atom stereocenters. The number of anilines is 2. The van der Waals surface area contributed by atoms with E-state index in [4.69, 9.17) is 9.15 Å². The second-order valence-electron chi connectivity index (χ2n) is 7.83. The van der Waals surface area contributed by atoms with E-state index in [-0.39, 0.29) is 24.0 Å². The van der Waals surface area contributed by atoms with Crippen LogP contribution in [0.3, 0.4) is 0 Å². The number of furan rings is 1. The van der Waals surface area contributed by atoms with E-state index < -0.39 is 17.9 Å². The minimum absolute atomic E-state index is 0.0175.